The van der Waals surface area contributed by atoms with Gasteiger partial charge in [0.1, 0.15) is 12.6 Å². The van der Waals surface area contributed by atoms with Crippen molar-refractivity contribution in [1.82, 2.24) is 15.1 Å². The summed E-state index contributed by atoms with van der Waals surface area (Å²) in [6, 6.07) is 1.07. The number of nitrogens with one attached hydrogen (secondary N) is 1. The molecule has 0 spiro atoms. The van der Waals surface area contributed by atoms with E-state index in [2.05, 4.69) is 23.0 Å². The van der Waals surface area contributed by atoms with E-state index in [0.29, 0.717) is 0 Å². The van der Waals surface area contributed by atoms with Crippen LogP contribution >= 0.6 is 12.6 Å². The molecule has 0 aliphatic rings. The first-order valence-corrected chi connectivity index (χ1v) is 6.27. The van der Waals surface area contributed by atoms with E-state index < -0.39 is 12.0 Å². The summed E-state index contributed by atoms with van der Waals surface area (Å²) < 4.78 is 6.38. The van der Waals surface area contributed by atoms with Crippen LogP contribution in [0.15, 0.2) is 12.3 Å². The van der Waals surface area contributed by atoms with E-state index in [4.69, 9.17) is 4.74 Å². The molecule has 0 radical (unpaired) electrons. The third kappa shape index (κ3) is 4.06. The summed E-state index contributed by atoms with van der Waals surface area (Å²) in [6.07, 6.45) is 1.62. The third-order valence-electron chi connectivity index (χ3n) is 2.31. The fourth-order valence-corrected chi connectivity index (χ4v) is 1.60. The smallest absolute Gasteiger partial charge is 0.329 e. The highest BCUT2D eigenvalue weighted by Gasteiger charge is 2.20. The number of carbonyl (C=O) groups is 2. The number of aryl methyl sites for hydroxylation is 1. The zero-order chi connectivity index (χ0) is 13.5. The van der Waals surface area contributed by atoms with Crippen molar-refractivity contribution < 1.29 is 14.3 Å². The highest BCUT2D eigenvalue weighted by molar-refractivity contribution is 7.80. The molecule has 0 fully saturated rings. The van der Waals surface area contributed by atoms with Crippen LogP contribution in [0.5, 0.6) is 0 Å². The Morgan fingerprint density at radius 2 is 2.33 bits per heavy atom. The second-order valence-electron chi connectivity index (χ2n) is 3.68. The Kier molecular flexibility index (Phi) is 5.70. The van der Waals surface area contributed by atoms with Gasteiger partial charge in [-0.25, -0.2) is 4.79 Å². The quantitative estimate of drug-likeness (QED) is 0.571. The number of rotatable bonds is 6. The van der Waals surface area contributed by atoms with Crippen molar-refractivity contribution in [3.05, 3.63) is 18.0 Å². The molecule has 0 bridgehead atoms. The lowest BCUT2D eigenvalue weighted by molar-refractivity contribution is -0.146. The lowest BCUT2D eigenvalue weighted by Crippen LogP contribution is -2.44. The molecular weight excluding hydrogens is 254 g/mol. The van der Waals surface area contributed by atoms with Gasteiger partial charge in [0.2, 0.25) is 5.91 Å². The largest absolute Gasteiger partial charge is 0.464 e. The minimum Gasteiger partial charge on any atom is -0.464 e. The summed E-state index contributed by atoms with van der Waals surface area (Å²) in [7, 11) is 0. The van der Waals surface area contributed by atoms with E-state index in [0.717, 1.165) is 5.69 Å². The number of ether oxygens (including phenoxy) is 1. The maximum absolute atomic E-state index is 11.7. The molecule has 0 aliphatic heterocycles. The van der Waals surface area contributed by atoms with Crippen LogP contribution in [-0.2, 0) is 20.9 Å². The Bertz CT molecular complexity index is 419. The van der Waals surface area contributed by atoms with E-state index in [1.807, 2.05) is 6.92 Å². The van der Waals surface area contributed by atoms with Gasteiger partial charge in [-0.05, 0) is 19.9 Å². The zero-order valence-corrected chi connectivity index (χ0v) is 11.3. The first kappa shape index (κ1) is 14.6. The SMILES string of the molecule is CCOC(=O)C(CS)NC(=O)Cn1nccc1C. The molecule has 1 heterocycles. The Labute approximate surface area is 111 Å². The molecule has 1 aromatic rings. The molecule has 6 nitrogen and oxygen atoms in total. The first-order chi connectivity index (χ1) is 8.58. The average Bonchev–Trinajstić information content (AvgIpc) is 2.72. The van der Waals surface area contributed by atoms with Crippen molar-refractivity contribution in [2.24, 2.45) is 0 Å². The normalized spacial score (nSPS) is 11.9. The monoisotopic (exact) mass is 271 g/mol. The molecule has 1 N–H and O–H groups in total. The Hall–Kier alpha value is -1.50. The molecule has 1 rings (SSSR count). The molecule has 100 valence electrons. The van der Waals surface area contributed by atoms with Gasteiger partial charge in [-0.2, -0.15) is 17.7 Å². The molecule has 1 atom stereocenters. The van der Waals surface area contributed by atoms with E-state index in [9.17, 15) is 9.59 Å². The predicted molar refractivity (Wildman–Crippen MR) is 69.4 cm³/mol. The molecule has 0 aliphatic carbocycles. The van der Waals surface area contributed by atoms with Gasteiger partial charge in [0.15, 0.2) is 0 Å². The third-order valence-corrected chi connectivity index (χ3v) is 2.68. The maximum Gasteiger partial charge on any atom is 0.329 e. The summed E-state index contributed by atoms with van der Waals surface area (Å²) >= 11 is 4.02. The van der Waals surface area contributed by atoms with Gasteiger partial charge in [0.05, 0.1) is 6.61 Å². The minimum absolute atomic E-state index is 0.0719. The van der Waals surface area contributed by atoms with Crippen LogP contribution in [0.25, 0.3) is 0 Å². The predicted octanol–water partition coefficient (Wildman–Crippen LogP) is 0.169. The number of carbonyl (C=O) groups excluding carboxylic acids is 2. The van der Waals surface area contributed by atoms with E-state index in [1.54, 1.807) is 23.9 Å². The van der Waals surface area contributed by atoms with Crippen LogP contribution in [0.2, 0.25) is 0 Å². The number of hydrogen-bond acceptors (Lipinski definition) is 5. The first-order valence-electron chi connectivity index (χ1n) is 5.63. The molecule has 7 heteroatoms. The number of esters is 1. The number of aromatic nitrogens is 2. The Balaban J connectivity index is 2.52. The van der Waals surface area contributed by atoms with Gasteiger partial charge in [-0.15, -0.1) is 0 Å². The van der Waals surface area contributed by atoms with Crippen molar-refractivity contribution in [3.8, 4) is 0 Å². The maximum atomic E-state index is 11.7. The minimum atomic E-state index is -0.725. The van der Waals surface area contributed by atoms with E-state index >= 15 is 0 Å². The Morgan fingerprint density at radius 1 is 1.61 bits per heavy atom. The van der Waals surface area contributed by atoms with E-state index in [1.165, 1.54) is 0 Å². The molecule has 0 aromatic carbocycles. The molecule has 0 saturated heterocycles. The number of thiol groups is 1. The number of nitrogens with zero attached hydrogens (tertiary/aromatic N) is 2. The summed E-state index contributed by atoms with van der Waals surface area (Å²) in [5.74, 6) is -0.574. The van der Waals surface area contributed by atoms with Crippen LogP contribution in [0, 0.1) is 6.92 Å². The average molecular weight is 271 g/mol. The second-order valence-corrected chi connectivity index (χ2v) is 4.05. The zero-order valence-electron chi connectivity index (χ0n) is 10.4. The van der Waals surface area contributed by atoms with Crippen LogP contribution in [0.4, 0.5) is 0 Å². The lowest BCUT2D eigenvalue weighted by Gasteiger charge is -2.15. The molecule has 0 saturated carbocycles. The fourth-order valence-electron chi connectivity index (χ4n) is 1.36. The van der Waals surface area contributed by atoms with Crippen LogP contribution < -0.4 is 5.32 Å². The van der Waals surface area contributed by atoms with Gasteiger partial charge in [0.25, 0.3) is 0 Å². The highest BCUT2D eigenvalue weighted by atomic mass is 32.1. The second kappa shape index (κ2) is 7.05. The number of amides is 1. The van der Waals surface area contributed by atoms with E-state index in [-0.39, 0.29) is 24.8 Å². The van der Waals surface area contributed by atoms with Crippen molar-refractivity contribution in [2.45, 2.75) is 26.4 Å². The standard InChI is InChI=1S/C11H17N3O3S/c1-3-17-11(16)9(7-18)13-10(15)6-14-8(2)4-5-12-14/h4-5,9,18H,3,6-7H2,1-2H3,(H,13,15). The van der Waals surface area contributed by atoms with Crippen molar-refractivity contribution in [3.63, 3.8) is 0 Å². The summed E-state index contributed by atoms with van der Waals surface area (Å²) in [5.41, 5.74) is 0.878. The summed E-state index contributed by atoms with van der Waals surface area (Å²) in [5, 5.41) is 6.56. The number of hydrogen-bond donors (Lipinski definition) is 2. The summed E-state index contributed by atoms with van der Waals surface area (Å²) in [4.78, 5) is 23.2. The van der Waals surface area contributed by atoms with Crippen LogP contribution in [-0.4, -0.2) is 40.1 Å². The molecule has 1 amide bonds. The Morgan fingerprint density at radius 3 is 2.83 bits per heavy atom. The molecular formula is C11H17N3O3S. The van der Waals surface area contributed by atoms with Gasteiger partial charge in [0, 0.05) is 17.6 Å². The van der Waals surface area contributed by atoms with Crippen LogP contribution in [0.3, 0.4) is 0 Å². The topological polar surface area (TPSA) is 73.2 Å². The molecule has 18 heavy (non-hydrogen) atoms. The highest BCUT2D eigenvalue weighted by Crippen LogP contribution is 1.97. The lowest BCUT2D eigenvalue weighted by atomic mass is 10.3. The molecule has 1 aromatic heterocycles. The van der Waals surface area contributed by atoms with Gasteiger partial charge in [-0.1, -0.05) is 0 Å². The van der Waals surface area contributed by atoms with Crippen molar-refractivity contribution in [1.29, 1.82) is 0 Å². The summed E-state index contributed by atoms with van der Waals surface area (Å²) in [6.45, 7) is 3.91. The van der Waals surface area contributed by atoms with Gasteiger partial charge < -0.3 is 10.1 Å². The van der Waals surface area contributed by atoms with Crippen molar-refractivity contribution in [2.75, 3.05) is 12.4 Å². The van der Waals surface area contributed by atoms with Gasteiger partial charge >= 0.3 is 5.97 Å². The van der Waals surface area contributed by atoms with Gasteiger partial charge in [-0.3, -0.25) is 9.48 Å². The fraction of sp³-hybridized carbons (Fsp3) is 0.545. The van der Waals surface area contributed by atoms with Crippen LogP contribution in [0.1, 0.15) is 12.6 Å². The molecule has 1 unspecified atom stereocenters. The van der Waals surface area contributed by atoms with Crippen molar-refractivity contribution >= 4 is 24.5 Å².